The van der Waals surface area contributed by atoms with Crippen LogP contribution in [0.25, 0.3) is 0 Å². The lowest BCUT2D eigenvalue weighted by atomic mass is 10.0. The summed E-state index contributed by atoms with van der Waals surface area (Å²) in [7, 11) is -0.970. The maximum Gasteiger partial charge on any atom is 0.338 e. The topological polar surface area (TPSA) is 99.2 Å². The number of halogens is 1. The highest BCUT2D eigenvalue weighted by Gasteiger charge is 2.31. The van der Waals surface area contributed by atoms with Crippen molar-refractivity contribution in [2.75, 3.05) is 33.9 Å². The van der Waals surface area contributed by atoms with Crippen LogP contribution < -0.4 is 9.47 Å². The van der Waals surface area contributed by atoms with Gasteiger partial charge in [0.05, 0.1) is 30.4 Å². The van der Waals surface area contributed by atoms with Gasteiger partial charge in [-0.25, -0.2) is 13.2 Å². The molecule has 1 atom stereocenters. The van der Waals surface area contributed by atoms with E-state index in [-0.39, 0.29) is 32.7 Å². The highest BCUT2D eigenvalue weighted by Crippen LogP contribution is 2.29. The number of methoxy groups -OCH3 is 2. The molecule has 33 heavy (non-hydrogen) atoms. The zero-order valence-corrected chi connectivity index (χ0v) is 20.2. The number of piperidine rings is 1. The number of sulfonamides is 1. The number of hydrogen-bond donors (Lipinski definition) is 0. The molecule has 1 heterocycles. The van der Waals surface area contributed by atoms with Gasteiger partial charge in [0.2, 0.25) is 15.8 Å². The smallest absolute Gasteiger partial charge is 0.338 e. The molecule has 8 nitrogen and oxygen atoms in total. The van der Waals surface area contributed by atoms with E-state index in [1.807, 2.05) is 6.92 Å². The van der Waals surface area contributed by atoms with Crippen LogP contribution in [0.5, 0.6) is 11.5 Å². The highest BCUT2D eigenvalue weighted by atomic mass is 35.5. The van der Waals surface area contributed by atoms with Crippen molar-refractivity contribution >= 4 is 33.4 Å². The summed E-state index contributed by atoms with van der Waals surface area (Å²) in [6.45, 7) is 2.24. The fourth-order valence-corrected chi connectivity index (χ4v) is 5.75. The normalized spacial score (nSPS) is 16.8. The Hall–Kier alpha value is -2.62. The van der Waals surface area contributed by atoms with Crippen molar-refractivity contribution < 1.29 is 32.2 Å². The van der Waals surface area contributed by atoms with Crippen LogP contribution in [0.4, 0.5) is 0 Å². The largest absolute Gasteiger partial charge is 0.497 e. The summed E-state index contributed by atoms with van der Waals surface area (Å²) in [5.41, 5.74) is 0.210. The van der Waals surface area contributed by atoms with E-state index >= 15 is 0 Å². The number of hydrogen-bond acceptors (Lipinski definition) is 7. The third-order valence-electron chi connectivity index (χ3n) is 5.45. The van der Waals surface area contributed by atoms with Crippen LogP contribution in [0.15, 0.2) is 41.3 Å². The molecule has 0 amide bonds. The molecule has 3 rings (SSSR count). The number of ether oxygens (including phenoxy) is 3. The summed E-state index contributed by atoms with van der Waals surface area (Å²) >= 11 is 6.17. The number of esters is 1. The third-order valence-corrected chi connectivity index (χ3v) is 7.79. The first-order valence-corrected chi connectivity index (χ1v) is 12.2. The van der Waals surface area contributed by atoms with Gasteiger partial charge in [0, 0.05) is 19.2 Å². The minimum atomic E-state index is -3.87. The van der Waals surface area contributed by atoms with Gasteiger partial charge in [-0.05, 0) is 49.1 Å². The molecule has 1 fully saturated rings. The van der Waals surface area contributed by atoms with Gasteiger partial charge in [-0.3, -0.25) is 4.79 Å². The molecule has 0 aliphatic carbocycles. The SMILES string of the molecule is COc1ccc(C(=O)COC(=O)c2ccc(Cl)c(S(=O)(=O)N3CCCC(C)C3)c2)c(OC)c1. The van der Waals surface area contributed by atoms with Crippen molar-refractivity contribution in [2.45, 2.75) is 24.7 Å². The average molecular weight is 496 g/mol. The van der Waals surface area contributed by atoms with Gasteiger partial charge in [0.15, 0.2) is 6.61 Å². The van der Waals surface area contributed by atoms with Crippen LogP contribution in [-0.4, -0.2) is 58.4 Å². The fourth-order valence-electron chi connectivity index (χ4n) is 3.65. The molecular formula is C23H26ClNO7S. The van der Waals surface area contributed by atoms with Gasteiger partial charge in [0.1, 0.15) is 16.4 Å². The van der Waals surface area contributed by atoms with E-state index < -0.39 is 28.4 Å². The van der Waals surface area contributed by atoms with Crippen molar-refractivity contribution in [3.63, 3.8) is 0 Å². The lowest BCUT2D eigenvalue weighted by molar-refractivity contribution is 0.0473. The molecule has 10 heteroatoms. The lowest BCUT2D eigenvalue weighted by Gasteiger charge is -2.30. The quantitative estimate of drug-likeness (QED) is 0.405. The van der Waals surface area contributed by atoms with Crippen LogP contribution in [0.3, 0.4) is 0 Å². The molecule has 0 saturated carbocycles. The maximum atomic E-state index is 13.1. The van der Waals surface area contributed by atoms with E-state index in [2.05, 4.69) is 0 Å². The lowest BCUT2D eigenvalue weighted by Crippen LogP contribution is -2.39. The van der Waals surface area contributed by atoms with Crippen LogP contribution in [0, 0.1) is 5.92 Å². The van der Waals surface area contributed by atoms with Crippen LogP contribution in [0.1, 0.15) is 40.5 Å². The van der Waals surface area contributed by atoms with E-state index in [9.17, 15) is 18.0 Å². The summed E-state index contributed by atoms with van der Waals surface area (Å²) in [5, 5.41) is 0.0174. The molecule has 2 aromatic rings. The number of benzene rings is 2. The van der Waals surface area contributed by atoms with Crippen molar-refractivity contribution in [3.05, 3.63) is 52.5 Å². The van der Waals surface area contributed by atoms with Gasteiger partial charge in [0.25, 0.3) is 0 Å². The molecule has 0 aromatic heterocycles. The number of rotatable bonds is 8. The Labute approximate surface area is 198 Å². The second-order valence-corrected chi connectivity index (χ2v) is 10.1. The molecule has 178 valence electrons. The second kappa shape index (κ2) is 10.5. The van der Waals surface area contributed by atoms with Crippen molar-refractivity contribution in [3.8, 4) is 11.5 Å². The van der Waals surface area contributed by atoms with Gasteiger partial charge in [-0.2, -0.15) is 4.31 Å². The summed E-state index contributed by atoms with van der Waals surface area (Å²) in [4.78, 5) is 25.0. The van der Waals surface area contributed by atoms with E-state index in [0.717, 1.165) is 12.8 Å². The van der Waals surface area contributed by atoms with Crippen molar-refractivity contribution in [2.24, 2.45) is 5.92 Å². The number of ketones is 1. The Morgan fingerprint density at radius 2 is 1.88 bits per heavy atom. The molecule has 0 bridgehead atoms. The average Bonchev–Trinajstić information content (AvgIpc) is 2.81. The molecule has 1 aliphatic heterocycles. The van der Waals surface area contributed by atoms with E-state index in [1.54, 1.807) is 12.1 Å². The summed E-state index contributed by atoms with van der Waals surface area (Å²) < 4.78 is 43.1. The first-order chi connectivity index (χ1) is 15.7. The Bertz CT molecular complexity index is 1150. The maximum absolute atomic E-state index is 13.1. The predicted octanol–water partition coefficient (Wildman–Crippen LogP) is 3.82. The summed E-state index contributed by atoms with van der Waals surface area (Å²) in [5.74, 6) is -0.284. The molecule has 0 radical (unpaired) electrons. The monoisotopic (exact) mass is 495 g/mol. The fraction of sp³-hybridized carbons (Fsp3) is 0.391. The first kappa shape index (κ1) is 25.0. The Kier molecular flexibility index (Phi) is 7.99. The van der Waals surface area contributed by atoms with E-state index in [4.69, 9.17) is 25.8 Å². The molecule has 1 saturated heterocycles. The summed E-state index contributed by atoms with van der Waals surface area (Å²) in [6.07, 6.45) is 1.72. The standard InChI is InChI=1S/C23H26ClNO7S/c1-15-5-4-10-25(13-15)33(28,29)22-11-16(6-9-19(22)24)23(27)32-14-20(26)18-8-7-17(30-2)12-21(18)31-3/h6-9,11-12,15H,4-5,10,13-14H2,1-3H3. The van der Waals surface area contributed by atoms with Crippen molar-refractivity contribution in [1.82, 2.24) is 4.31 Å². The van der Waals surface area contributed by atoms with Crippen LogP contribution in [0.2, 0.25) is 5.02 Å². The number of nitrogens with zero attached hydrogens (tertiary/aromatic N) is 1. The van der Waals surface area contributed by atoms with E-state index in [1.165, 1.54) is 42.8 Å². The zero-order valence-electron chi connectivity index (χ0n) is 18.7. The highest BCUT2D eigenvalue weighted by molar-refractivity contribution is 7.89. The molecule has 1 aliphatic rings. The van der Waals surface area contributed by atoms with Gasteiger partial charge in [-0.15, -0.1) is 0 Å². The Morgan fingerprint density at radius 3 is 2.55 bits per heavy atom. The zero-order chi connectivity index (χ0) is 24.2. The van der Waals surface area contributed by atoms with Gasteiger partial charge < -0.3 is 14.2 Å². The number of carbonyl (C=O) groups excluding carboxylic acids is 2. The van der Waals surface area contributed by atoms with Crippen molar-refractivity contribution in [1.29, 1.82) is 0 Å². The third kappa shape index (κ3) is 5.66. The minimum absolute atomic E-state index is 0.0162. The molecule has 2 aromatic carbocycles. The predicted molar refractivity (Wildman–Crippen MR) is 123 cm³/mol. The van der Waals surface area contributed by atoms with E-state index in [0.29, 0.717) is 18.8 Å². The molecular weight excluding hydrogens is 470 g/mol. The molecule has 0 N–H and O–H groups in total. The second-order valence-electron chi connectivity index (χ2n) is 7.82. The number of carbonyl (C=O) groups is 2. The van der Waals surface area contributed by atoms with Crippen LogP contribution in [-0.2, 0) is 14.8 Å². The molecule has 0 spiro atoms. The van der Waals surface area contributed by atoms with Gasteiger partial charge >= 0.3 is 5.97 Å². The molecule has 1 unspecified atom stereocenters. The summed E-state index contributed by atoms with van der Waals surface area (Å²) in [6, 6.07) is 8.55. The number of Topliss-reactive ketones (excluding diaryl/α,β-unsaturated/α-hetero) is 1. The van der Waals surface area contributed by atoms with Gasteiger partial charge in [-0.1, -0.05) is 18.5 Å². The minimum Gasteiger partial charge on any atom is -0.497 e. The Morgan fingerprint density at radius 1 is 1.12 bits per heavy atom. The first-order valence-electron chi connectivity index (χ1n) is 10.4. The van der Waals surface area contributed by atoms with Crippen LogP contribution >= 0.6 is 11.6 Å². The Balaban J connectivity index is 1.75.